The smallest absolute Gasteiger partial charge is 0.186 e. The Hall–Kier alpha value is -0.720. The van der Waals surface area contributed by atoms with Gasteiger partial charge >= 0.3 is 0 Å². The van der Waals surface area contributed by atoms with Gasteiger partial charge in [0.05, 0.1) is 24.0 Å². The Morgan fingerprint density at radius 3 is 2.00 bits per heavy atom. The fourth-order valence-corrected chi connectivity index (χ4v) is 2.38. The van der Waals surface area contributed by atoms with E-state index < -0.39 is 0 Å². The Morgan fingerprint density at radius 2 is 1.62 bits per heavy atom. The molecule has 0 radical (unpaired) electrons. The van der Waals surface area contributed by atoms with Crippen LogP contribution in [-0.2, 0) is 16.3 Å². The van der Waals surface area contributed by atoms with Gasteiger partial charge in [0.1, 0.15) is 11.5 Å². The van der Waals surface area contributed by atoms with Crippen molar-refractivity contribution in [2.75, 3.05) is 0 Å². The van der Waals surface area contributed by atoms with Crippen molar-refractivity contribution in [3.05, 3.63) is 48.3 Å². The lowest BCUT2D eigenvalue weighted by Crippen LogP contribution is -1.86. The molecule has 118 valence electrons. The molecular weight excluding hydrogens is 324 g/mol. The van der Waals surface area contributed by atoms with Gasteiger partial charge in [-0.3, -0.25) is 4.79 Å². The molecule has 0 aromatic carbocycles. The molecule has 0 fully saturated rings. The van der Waals surface area contributed by atoms with Gasteiger partial charge in [0, 0.05) is 6.92 Å². The van der Waals surface area contributed by atoms with Gasteiger partial charge in [-0.25, -0.2) is 0 Å². The predicted octanol–water partition coefficient (Wildman–Crippen LogP) is 5.09. The zero-order valence-corrected chi connectivity index (χ0v) is 15.1. The molecule has 0 aliphatic carbocycles. The van der Waals surface area contributed by atoms with Crippen molar-refractivity contribution >= 4 is 42.1 Å². The maximum atomic E-state index is 10.5. The van der Waals surface area contributed by atoms with E-state index >= 15 is 0 Å². The molecule has 0 aliphatic rings. The van der Waals surface area contributed by atoms with E-state index in [9.17, 15) is 4.79 Å². The van der Waals surface area contributed by atoms with Crippen LogP contribution in [0.4, 0.5) is 0 Å². The highest BCUT2D eigenvalue weighted by atomic mass is 32.2. The number of furan rings is 2. The van der Waals surface area contributed by atoms with Crippen LogP contribution in [0.5, 0.6) is 0 Å². The van der Waals surface area contributed by atoms with Gasteiger partial charge < -0.3 is 8.83 Å². The third kappa shape index (κ3) is 10.6. The fourth-order valence-electron chi connectivity index (χ4n) is 1.21. The minimum atomic E-state index is 0. The largest absolute Gasteiger partial charge is 0.468 e. The Kier molecular flexibility index (Phi) is 11.5. The number of carbonyl (C=O) groups excluding carboxylic acids is 1. The Morgan fingerprint density at radius 1 is 1.10 bits per heavy atom. The Labute approximate surface area is 141 Å². The molecule has 2 rings (SSSR count). The lowest BCUT2D eigenvalue weighted by Gasteiger charge is -2.00. The fraction of sp³-hybridized carbons (Fsp3) is 0.400. The van der Waals surface area contributed by atoms with Crippen molar-refractivity contribution in [1.29, 1.82) is 0 Å². The summed E-state index contributed by atoms with van der Waals surface area (Å²) in [6, 6.07) is 7.61. The molecule has 6 heteroatoms. The van der Waals surface area contributed by atoms with Crippen LogP contribution < -0.4 is 0 Å². The summed E-state index contributed by atoms with van der Waals surface area (Å²) in [4.78, 5) is 10.5. The molecule has 21 heavy (non-hydrogen) atoms. The van der Waals surface area contributed by atoms with Crippen molar-refractivity contribution in [1.82, 2.24) is 0 Å². The molecule has 0 N–H and O–H groups in total. The van der Waals surface area contributed by atoms with Crippen LogP contribution in [-0.4, -0.2) is 10.4 Å². The first-order chi connectivity index (χ1) is 9.58. The summed E-state index contributed by atoms with van der Waals surface area (Å²) >= 11 is 3.15. The molecule has 0 unspecified atom stereocenters. The van der Waals surface area contributed by atoms with E-state index in [1.54, 1.807) is 19.5 Å². The molecule has 0 spiro atoms. The summed E-state index contributed by atoms with van der Waals surface area (Å²) in [6.07, 6.45) is 3.33. The van der Waals surface area contributed by atoms with Crippen molar-refractivity contribution in [3.63, 3.8) is 0 Å². The minimum absolute atomic E-state index is 0. The van der Waals surface area contributed by atoms with Gasteiger partial charge in [0.25, 0.3) is 0 Å². The van der Waals surface area contributed by atoms with Crippen molar-refractivity contribution in [2.24, 2.45) is 0 Å². The molecule has 2 aromatic heterocycles. The second-order valence-corrected chi connectivity index (χ2v) is 7.02. The number of rotatable bonds is 5. The molecular formula is C15H22O3S3. The van der Waals surface area contributed by atoms with Gasteiger partial charge in [-0.05, 0) is 29.5 Å². The Bertz CT molecular complexity index is 464. The van der Waals surface area contributed by atoms with Crippen molar-refractivity contribution < 1.29 is 13.6 Å². The lowest BCUT2D eigenvalue weighted by molar-refractivity contribution is -0.109. The van der Waals surface area contributed by atoms with E-state index in [0.29, 0.717) is 11.0 Å². The summed E-state index contributed by atoms with van der Waals surface area (Å²) in [5.74, 6) is 3.55. The van der Waals surface area contributed by atoms with Crippen LogP contribution >= 0.6 is 37.0 Å². The van der Waals surface area contributed by atoms with Crippen molar-refractivity contribution in [2.45, 2.75) is 37.5 Å². The zero-order chi connectivity index (χ0) is 14.8. The second-order valence-electron chi connectivity index (χ2n) is 4.30. The second kappa shape index (κ2) is 11.9. The molecule has 0 bridgehead atoms. The first-order valence-corrected chi connectivity index (χ1v) is 8.41. The van der Waals surface area contributed by atoms with Crippen LogP contribution in [0.25, 0.3) is 0 Å². The SMILES string of the molecule is CC(=O)SCc1ccco1.CC(C)SCc1ccco1.S. The molecule has 0 saturated heterocycles. The minimum Gasteiger partial charge on any atom is -0.468 e. The predicted molar refractivity (Wildman–Crippen MR) is 96.2 cm³/mol. The monoisotopic (exact) mass is 346 g/mol. The normalized spacial score (nSPS) is 9.71. The number of thioether (sulfide) groups is 2. The zero-order valence-electron chi connectivity index (χ0n) is 12.5. The van der Waals surface area contributed by atoms with Crippen LogP contribution in [0.1, 0.15) is 32.3 Å². The third-order valence-electron chi connectivity index (χ3n) is 2.14. The lowest BCUT2D eigenvalue weighted by atomic mass is 10.5. The highest BCUT2D eigenvalue weighted by Crippen LogP contribution is 2.16. The van der Waals surface area contributed by atoms with Gasteiger partial charge in [0.2, 0.25) is 0 Å². The first kappa shape index (κ1) is 20.3. The summed E-state index contributed by atoms with van der Waals surface area (Å²) in [5, 5.41) is 0.807. The average molecular weight is 347 g/mol. The maximum Gasteiger partial charge on any atom is 0.186 e. The molecule has 3 nitrogen and oxygen atoms in total. The van der Waals surface area contributed by atoms with Crippen LogP contribution in [0.2, 0.25) is 0 Å². The van der Waals surface area contributed by atoms with Crippen LogP contribution in [0.3, 0.4) is 0 Å². The Balaban J connectivity index is 0.000000364. The van der Waals surface area contributed by atoms with Gasteiger partial charge in [0.15, 0.2) is 5.12 Å². The standard InChI is InChI=1S/C8H12OS.C7H8O2S.H2S/c1-7(2)10-6-8-4-3-5-9-8;1-6(8)10-5-7-3-2-4-9-7;/h3-5,7H,6H2,1-2H3;2-4H,5H2,1H3;1H2. The van der Waals surface area contributed by atoms with Gasteiger partial charge in [-0.15, -0.1) is 0 Å². The highest BCUT2D eigenvalue weighted by molar-refractivity contribution is 8.12. The van der Waals surface area contributed by atoms with E-state index in [2.05, 4.69) is 13.8 Å². The molecule has 0 amide bonds. The number of hydrogen-bond donors (Lipinski definition) is 0. The summed E-state index contributed by atoms with van der Waals surface area (Å²) < 4.78 is 10.2. The molecule has 0 aliphatic heterocycles. The van der Waals surface area contributed by atoms with E-state index in [0.717, 1.165) is 17.3 Å². The van der Waals surface area contributed by atoms with Crippen LogP contribution in [0.15, 0.2) is 45.6 Å². The number of carbonyl (C=O) groups is 1. The summed E-state index contributed by atoms with van der Waals surface area (Å²) in [5.41, 5.74) is 0. The molecule has 2 aromatic rings. The molecule has 0 saturated carbocycles. The van der Waals surface area contributed by atoms with E-state index in [1.165, 1.54) is 11.8 Å². The first-order valence-electron chi connectivity index (χ1n) is 6.37. The topological polar surface area (TPSA) is 43.4 Å². The summed E-state index contributed by atoms with van der Waals surface area (Å²) in [6.45, 7) is 5.93. The van der Waals surface area contributed by atoms with Crippen molar-refractivity contribution in [3.8, 4) is 0 Å². The van der Waals surface area contributed by atoms with Crippen LogP contribution in [0, 0.1) is 0 Å². The maximum absolute atomic E-state index is 10.5. The van der Waals surface area contributed by atoms with E-state index in [4.69, 9.17) is 8.83 Å². The highest BCUT2D eigenvalue weighted by Gasteiger charge is 1.98. The van der Waals surface area contributed by atoms with E-state index in [-0.39, 0.29) is 18.6 Å². The third-order valence-corrected chi connectivity index (χ3v) is 4.09. The summed E-state index contributed by atoms with van der Waals surface area (Å²) in [7, 11) is 0. The van der Waals surface area contributed by atoms with Gasteiger partial charge in [-0.1, -0.05) is 25.6 Å². The number of hydrogen-bond acceptors (Lipinski definition) is 5. The molecule has 2 heterocycles. The average Bonchev–Trinajstić information content (AvgIpc) is 3.08. The molecule has 0 atom stereocenters. The quantitative estimate of drug-likeness (QED) is 0.754. The van der Waals surface area contributed by atoms with Gasteiger partial charge in [-0.2, -0.15) is 25.3 Å². The van der Waals surface area contributed by atoms with E-state index in [1.807, 2.05) is 36.0 Å².